The summed E-state index contributed by atoms with van der Waals surface area (Å²) in [7, 11) is 0. The van der Waals surface area contributed by atoms with Crippen LogP contribution in [-0.4, -0.2) is 51.9 Å². The quantitative estimate of drug-likeness (QED) is 0.179. The second-order valence-electron chi connectivity index (χ2n) is 10.0. The van der Waals surface area contributed by atoms with Crippen molar-refractivity contribution in [1.82, 2.24) is 19.9 Å². The Morgan fingerprint density at radius 2 is 1.90 bits per heavy atom. The van der Waals surface area contributed by atoms with E-state index in [2.05, 4.69) is 25.2 Å². The number of anilines is 2. The molecule has 0 aliphatic carbocycles. The summed E-state index contributed by atoms with van der Waals surface area (Å²) in [6.07, 6.45) is 7.81. The monoisotopic (exact) mass is 589 g/mol. The third kappa shape index (κ3) is 7.60. The molecule has 4 aromatic rings. The summed E-state index contributed by atoms with van der Waals surface area (Å²) < 4.78 is 26.5. The van der Waals surface area contributed by atoms with Gasteiger partial charge >= 0.3 is 0 Å². The average Bonchev–Trinajstić information content (AvgIpc) is 3.01. The van der Waals surface area contributed by atoms with Gasteiger partial charge < -0.3 is 14.8 Å². The second kappa shape index (κ2) is 14.2. The molecule has 0 amide bonds. The predicted octanol–water partition coefficient (Wildman–Crippen LogP) is 6.85. The zero-order valence-electron chi connectivity index (χ0n) is 23.5. The lowest BCUT2D eigenvalue weighted by atomic mass is 10.0. The van der Waals surface area contributed by atoms with Crippen molar-refractivity contribution in [3.05, 3.63) is 89.2 Å². The molecular formula is C32H33ClFN5O3. The number of aromatic nitrogens is 3. The van der Waals surface area contributed by atoms with Crippen molar-refractivity contribution >= 4 is 39.8 Å². The minimum atomic E-state index is -0.731. The lowest BCUT2D eigenvalue weighted by Gasteiger charge is -2.24. The van der Waals surface area contributed by atoms with E-state index in [-0.39, 0.29) is 6.42 Å². The predicted molar refractivity (Wildman–Crippen MR) is 162 cm³/mol. The molecule has 1 saturated heterocycles. The van der Waals surface area contributed by atoms with E-state index in [1.54, 1.807) is 30.5 Å². The summed E-state index contributed by atoms with van der Waals surface area (Å²) in [6.45, 7) is 4.84. The largest absolute Gasteiger partial charge is 0.494 e. The molecule has 1 aliphatic heterocycles. The number of nitrogens with zero attached hydrogens (tertiary/aromatic N) is 4. The lowest BCUT2D eigenvalue weighted by Crippen LogP contribution is -2.30. The zero-order valence-corrected chi connectivity index (χ0v) is 24.2. The topological polar surface area (TPSA) is 89.5 Å². The van der Waals surface area contributed by atoms with Crippen LogP contribution in [0.25, 0.3) is 10.9 Å². The van der Waals surface area contributed by atoms with Crippen molar-refractivity contribution in [2.24, 2.45) is 0 Å². The maximum Gasteiger partial charge on any atom is 0.195 e. The van der Waals surface area contributed by atoms with Crippen LogP contribution in [0.1, 0.15) is 37.4 Å². The van der Waals surface area contributed by atoms with Crippen molar-refractivity contribution in [3.63, 3.8) is 0 Å². The number of hydrogen-bond donors (Lipinski definition) is 1. The Hall–Kier alpha value is -4.08. The first-order valence-corrected chi connectivity index (χ1v) is 14.5. The van der Waals surface area contributed by atoms with Gasteiger partial charge in [0.05, 0.1) is 22.8 Å². The molecule has 10 heteroatoms. The van der Waals surface area contributed by atoms with Gasteiger partial charge in [0.2, 0.25) is 0 Å². The smallest absolute Gasteiger partial charge is 0.195 e. The van der Waals surface area contributed by atoms with Crippen molar-refractivity contribution in [3.8, 4) is 11.5 Å². The summed E-state index contributed by atoms with van der Waals surface area (Å²) in [5.74, 6) is 0.204. The third-order valence-corrected chi connectivity index (χ3v) is 7.30. The number of pyridine rings is 1. The molecule has 42 heavy (non-hydrogen) atoms. The number of fused-ring (bicyclic) bond motifs is 1. The van der Waals surface area contributed by atoms with Crippen LogP contribution >= 0.6 is 11.6 Å². The van der Waals surface area contributed by atoms with Gasteiger partial charge in [-0.15, -0.1) is 0 Å². The molecular weight excluding hydrogens is 557 g/mol. The number of benzene rings is 2. The van der Waals surface area contributed by atoms with Gasteiger partial charge in [-0.3, -0.25) is 14.7 Å². The fraction of sp³-hybridized carbons (Fsp3) is 0.312. The number of ketones is 1. The standard InChI is InChI=1S/C32H33ClFN5O3/c1-2-41-31-19-28-25(16-22(31)17-29(40)27(34)11-15-39-13-6-3-7-14-39)32(37-21-36-28)38-23-9-10-30(26(33)18-23)42-20-24-8-4-5-12-35-24/h4-5,8-12,16,18-19,21H,2-3,6-7,13-15,17,20H2,1H3,(H,36,37,38). The summed E-state index contributed by atoms with van der Waals surface area (Å²) in [4.78, 5) is 28.1. The molecule has 0 atom stereocenters. The molecule has 0 saturated carbocycles. The van der Waals surface area contributed by atoms with Crippen LogP contribution < -0.4 is 14.8 Å². The number of hydrogen-bond acceptors (Lipinski definition) is 8. The molecule has 1 fully saturated rings. The number of nitrogens with one attached hydrogen (secondary N) is 1. The Morgan fingerprint density at radius 3 is 2.67 bits per heavy atom. The number of Topliss-reactive ketones (excluding diaryl/α,β-unsaturated/α-hetero) is 1. The Bertz CT molecular complexity index is 1560. The molecule has 1 N–H and O–H groups in total. The van der Waals surface area contributed by atoms with Gasteiger partial charge in [0.1, 0.15) is 30.3 Å². The van der Waals surface area contributed by atoms with E-state index in [0.29, 0.717) is 64.3 Å². The van der Waals surface area contributed by atoms with Crippen molar-refractivity contribution in [1.29, 1.82) is 0 Å². The maximum atomic E-state index is 14.8. The Morgan fingerprint density at radius 1 is 1.05 bits per heavy atom. The van der Waals surface area contributed by atoms with Gasteiger partial charge in [-0.05, 0) is 75.3 Å². The fourth-order valence-electron chi connectivity index (χ4n) is 4.85. The zero-order chi connectivity index (χ0) is 29.3. The summed E-state index contributed by atoms with van der Waals surface area (Å²) >= 11 is 6.51. The highest BCUT2D eigenvalue weighted by atomic mass is 35.5. The van der Waals surface area contributed by atoms with Crippen molar-refractivity contribution in [2.45, 2.75) is 39.2 Å². The van der Waals surface area contributed by atoms with E-state index < -0.39 is 11.6 Å². The molecule has 1 aliphatic rings. The van der Waals surface area contributed by atoms with Crippen LogP contribution in [0.2, 0.25) is 5.02 Å². The first-order chi connectivity index (χ1) is 20.5. The van der Waals surface area contributed by atoms with Crippen LogP contribution in [0.15, 0.2) is 73.0 Å². The van der Waals surface area contributed by atoms with E-state index in [0.717, 1.165) is 31.6 Å². The van der Waals surface area contributed by atoms with Crippen LogP contribution in [0.3, 0.4) is 0 Å². The number of piperidine rings is 1. The summed E-state index contributed by atoms with van der Waals surface area (Å²) in [6, 6.07) is 14.5. The number of rotatable bonds is 12. The number of likely N-dealkylation sites (tertiary alicyclic amines) is 1. The van der Waals surface area contributed by atoms with Gasteiger partial charge in [-0.2, -0.15) is 0 Å². The van der Waals surface area contributed by atoms with E-state index in [9.17, 15) is 9.18 Å². The van der Waals surface area contributed by atoms with E-state index in [1.807, 2.05) is 31.2 Å². The molecule has 0 spiro atoms. The molecule has 3 heterocycles. The highest BCUT2D eigenvalue weighted by Crippen LogP contribution is 2.33. The van der Waals surface area contributed by atoms with E-state index in [1.165, 1.54) is 18.8 Å². The van der Waals surface area contributed by atoms with Crippen LogP contribution in [0.4, 0.5) is 15.9 Å². The Labute approximate surface area is 249 Å². The van der Waals surface area contributed by atoms with E-state index >= 15 is 0 Å². The molecule has 2 aromatic heterocycles. The Balaban J connectivity index is 1.34. The summed E-state index contributed by atoms with van der Waals surface area (Å²) in [5, 5.41) is 4.36. The number of halogens is 2. The van der Waals surface area contributed by atoms with Crippen molar-refractivity contribution < 1.29 is 18.7 Å². The first-order valence-electron chi connectivity index (χ1n) is 14.1. The highest BCUT2D eigenvalue weighted by molar-refractivity contribution is 6.32. The summed E-state index contributed by atoms with van der Waals surface area (Å²) in [5.41, 5.74) is 2.66. The first kappa shape index (κ1) is 29.4. The number of ether oxygens (including phenoxy) is 2. The number of allylic oxidation sites excluding steroid dienone is 1. The van der Waals surface area contributed by atoms with Gasteiger partial charge in [-0.25, -0.2) is 14.4 Å². The Kier molecular flexibility index (Phi) is 9.94. The number of carbonyl (C=O) groups is 1. The molecule has 218 valence electrons. The van der Waals surface area contributed by atoms with Gasteiger partial charge in [0, 0.05) is 41.9 Å². The second-order valence-corrected chi connectivity index (χ2v) is 10.4. The molecule has 2 aromatic carbocycles. The molecule has 0 unspecified atom stereocenters. The normalized spacial score (nSPS) is 14.1. The number of carbonyl (C=O) groups excluding carboxylic acids is 1. The van der Waals surface area contributed by atoms with Gasteiger partial charge in [-0.1, -0.05) is 24.1 Å². The van der Waals surface area contributed by atoms with Crippen LogP contribution in [0.5, 0.6) is 11.5 Å². The van der Waals surface area contributed by atoms with E-state index in [4.69, 9.17) is 21.1 Å². The highest BCUT2D eigenvalue weighted by Gasteiger charge is 2.18. The maximum absolute atomic E-state index is 14.8. The van der Waals surface area contributed by atoms with Crippen molar-refractivity contribution in [2.75, 3.05) is 31.6 Å². The fourth-order valence-corrected chi connectivity index (χ4v) is 5.08. The average molecular weight is 590 g/mol. The van der Waals surface area contributed by atoms with Crippen LogP contribution in [-0.2, 0) is 17.8 Å². The minimum absolute atomic E-state index is 0.143. The SMILES string of the molecule is CCOc1cc2ncnc(Nc3ccc(OCc4ccccn4)c(Cl)c3)c2cc1CC(=O)C(F)=CCN1CCCCC1. The minimum Gasteiger partial charge on any atom is -0.494 e. The van der Waals surface area contributed by atoms with Gasteiger partial charge in [0.15, 0.2) is 11.6 Å². The molecule has 0 radical (unpaired) electrons. The third-order valence-electron chi connectivity index (χ3n) is 7.01. The van der Waals surface area contributed by atoms with Gasteiger partial charge in [0.25, 0.3) is 0 Å². The lowest BCUT2D eigenvalue weighted by molar-refractivity contribution is -0.116. The molecule has 5 rings (SSSR count). The molecule has 8 nitrogen and oxygen atoms in total. The molecule has 0 bridgehead atoms. The van der Waals surface area contributed by atoms with Crippen LogP contribution in [0, 0.1) is 0 Å².